The molecule has 44 heavy (non-hydrogen) atoms. The van der Waals surface area contributed by atoms with Gasteiger partial charge in [-0.15, -0.1) is 45.3 Å². The first-order valence-electron chi connectivity index (χ1n) is 15.8. The van der Waals surface area contributed by atoms with E-state index in [0.29, 0.717) is 0 Å². The molecular formula is C40H38S4. The van der Waals surface area contributed by atoms with Crippen LogP contribution in [-0.4, -0.2) is 0 Å². The van der Waals surface area contributed by atoms with Crippen molar-refractivity contribution in [3.8, 4) is 41.8 Å². The molecule has 7 aromatic rings. The monoisotopic (exact) mass is 646 g/mol. The predicted molar refractivity (Wildman–Crippen MR) is 202 cm³/mol. The standard InChI is InChI=1S/C40H38S4/c1-7-25-13-11-14-26(8-2)35(25)37-29-21-33(31-19-17-23(5)41-31)44-40(29)38(36-27(9-3)15-12-16-28(36)10-4)30-22-34(43-39(30)37)32-20-18-24(6)42-32/h11-22H,7-10H2,1-6H3. The molecule has 0 saturated heterocycles. The van der Waals surface area contributed by atoms with Crippen molar-refractivity contribution in [1.82, 2.24) is 0 Å². The predicted octanol–water partition coefficient (Wildman–Crippen LogP) is 13.8. The van der Waals surface area contributed by atoms with Crippen LogP contribution >= 0.6 is 45.3 Å². The lowest BCUT2D eigenvalue weighted by Crippen LogP contribution is -1.98. The number of thiophene rings is 4. The molecule has 0 nitrogen and oxygen atoms in total. The molecule has 0 N–H and O–H groups in total. The average Bonchev–Trinajstić information content (AvgIpc) is 3.85. The van der Waals surface area contributed by atoms with Gasteiger partial charge >= 0.3 is 0 Å². The number of benzene rings is 3. The molecular weight excluding hydrogens is 609 g/mol. The van der Waals surface area contributed by atoms with E-state index in [1.165, 1.54) is 93.9 Å². The van der Waals surface area contributed by atoms with Gasteiger partial charge in [0.05, 0.1) is 0 Å². The van der Waals surface area contributed by atoms with Crippen molar-refractivity contribution in [2.24, 2.45) is 0 Å². The normalized spacial score (nSPS) is 11.8. The van der Waals surface area contributed by atoms with Crippen molar-refractivity contribution in [3.63, 3.8) is 0 Å². The van der Waals surface area contributed by atoms with Crippen molar-refractivity contribution in [1.29, 1.82) is 0 Å². The van der Waals surface area contributed by atoms with Gasteiger partial charge in [-0.2, -0.15) is 0 Å². The lowest BCUT2D eigenvalue weighted by atomic mass is 9.85. The van der Waals surface area contributed by atoms with E-state index in [9.17, 15) is 0 Å². The molecule has 0 aliphatic rings. The van der Waals surface area contributed by atoms with Gasteiger partial charge in [0.2, 0.25) is 0 Å². The van der Waals surface area contributed by atoms with E-state index >= 15 is 0 Å². The van der Waals surface area contributed by atoms with Gasteiger partial charge in [-0.1, -0.05) is 64.1 Å². The van der Waals surface area contributed by atoms with E-state index in [0.717, 1.165) is 25.7 Å². The van der Waals surface area contributed by atoms with Crippen LogP contribution in [0.25, 0.3) is 61.9 Å². The summed E-state index contributed by atoms with van der Waals surface area (Å²) in [5, 5.41) is 2.83. The number of fused-ring (bicyclic) bond motifs is 2. The molecule has 222 valence electrons. The molecule has 0 aliphatic heterocycles. The van der Waals surface area contributed by atoms with Gasteiger partial charge in [0.1, 0.15) is 0 Å². The molecule has 0 atom stereocenters. The van der Waals surface area contributed by atoms with Crippen LogP contribution in [0, 0.1) is 13.8 Å². The Balaban J connectivity index is 1.72. The Labute approximate surface area is 277 Å². The van der Waals surface area contributed by atoms with E-state index < -0.39 is 0 Å². The molecule has 0 fully saturated rings. The lowest BCUT2D eigenvalue weighted by Gasteiger charge is -2.20. The zero-order valence-electron chi connectivity index (χ0n) is 26.4. The fourth-order valence-electron chi connectivity index (χ4n) is 6.77. The third kappa shape index (κ3) is 4.91. The first-order valence-corrected chi connectivity index (χ1v) is 19.1. The fourth-order valence-corrected chi connectivity index (χ4v) is 11.1. The summed E-state index contributed by atoms with van der Waals surface area (Å²) < 4.78 is 2.87. The van der Waals surface area contributed by atoms with Crippen LogP contribution in [0.3, 0.4) is 0 Å². The molecule has 0 saturated carbocycles. The number of rotatable bonds is 8. The van der Waals surface area contributed by atoms with Gasteiger partial charge in [-0.3, -0.25) is 0 Å². The summed E-state index contributed by atoms with van der Waals surface area (Å²) in [7, 11) is 0. The Morgan fingerprint density at radius 1 is 0.409 bits per heavy atom. The van der Waals surface area contributed by atoms with E-state index in [-0.39, 0.29) is 0 Å². The van der Waals surface area contributed by atoms with Crippen LogP contribution in [0.1, 0.15) is 59.7 Å². The minimum absolute atomic E-state index is 1.02. The largest absolute Gasteiger partial charge is 0.140 e. The molecule has 3 aromatic carbocycles. The van der Waals surface area contributed by atoms with Gasteiger partial charge in [-0.25, -0.2) is 0 Å². The second-order valence-corrected chi connectivity index (χ2v) is 16.3. The molecule has 4 heterocycles. The zero-order valence-corrected chi connectivity index (χ0v) is 29.7. The summed E-state index contributed by atoms with van der Waals surface area (Å²) in [6.45, 7) is 13.7. The van der Waals surface area contributed by atoms with Crippen molar-refractivity contribution < 1.29 is 0 Å². The highest BCUT2D eigenvalue weighted by atomic mass is 32.1. The minimum atomic E-state index is 1.02. The lowest BCUT2D eigenvalue weighted by molar-refractivity contribution is 1.09. The third-order valence-electron chi connectivity index (χ3n) is 8.92. The van der Waals surface area contributed by atoms with Gasteiger partial charge < -0.3 is 0 Å². The number of hydrogen-bond donors (Lipinski definition) is 0. The molecule has 0 spiro atoms. The summed E-state index contributed by atoms with van der Waals surface area (Å²) >= 11 is 7.83. The second kappa shape index (κ2) is 12.1. The van der Waals surface area contributed by atoms with Gasteiger partial charge in [0.25, 0.3) is 0 Å². The summed E-state index contributed by atoms with van der Waals surface area (Å²) in [6, 6.07) is 28.2. The molecule has 4 aromatic heterocycles. The van der Waals surface area contributed by atoms with Crippen molar-refractivity contribution in [3.05, 3.63) is 105 Å². The van der Waals surface area contributed by atoms with Crippen LogP contribution < -0.4 is 0 Å². The Bertz CT molecular complexity index is 1890. The van der Waals surface area contributed by atoms with Gasteiger partial charge in [0.15, 0.2) is 0 Å². The molecule has 0 unspecified atom stereocenters. The highest BCUT2D eigenvalue weighted by Gasteiger charge is 2.26. The van der Waals surface area contributed by atoms with Crippen LogP contribution in [0.5, 0.6) is 0 Å². The molecule has 0 bridgehead atoms. The zero-order chi connectivity index (χ0) is 30.5. The number of hydrogen-bond acceptors (Lipinski definition) is 4. The molecule has 0 radical (unpaired) electrons. The Morgan fingerprint density at radius 3 is 1.07 bits per heavy atom. The SMILES string of the molecule is CCc1cccc(CC)c1-c1c2cc(-c3ccc(C)s3)sc2c(-c2c(CC)cccc2CC)c2cc(-c3ccc(C)s3)sc12. The highest BCUT2D eigenvalue weighted by Crippen LogP contribution is 2.55. The summed E-state index contributed by atoms with van der Waals surface area (Å²) in [5.41, 5.74) is 11.6. The topological polar surface area (TPSA) is 0 Å². The Hall–Kier alpha value is -3.02. The fraction of sp³-hybridized carbons (Fsp3) is 0.250. The quantitative estimate of drug-likeness (QED) is 0.154. The summed E-state index contributed by atoms with van der Waals surface area (Å²) in [4.78, 5) is 8.24. The first kappa shape index (κ1) is 29.7. The van der Waals surface area contributed by atoms with Crippen molar-refractivity contribution in [2.45, 2.75) is 67.2 Å². The number of aryl methyl sites for hydroxylation is 6. The molecule has 0 amide bonds. The highest BCUT2D eigenvalue weighted by molar-refractivity contribution is 7.28. The third-order valence-corrected chi connectivity index (χ3v) is 13.6. The Kier molecular flexibility index (Phi) is 8.13. The van der Waals surface area contributed by atoms with Gasteiger partial charge in [-0.05, 0) is 109 Å². The van der Waals surface area contributed by atoms with E-state index in [4.69, 9.17) is 0 Å². The maximum absolute atomic E-state index is 2.53. The molecule has 4 heteroatoms. The maximum Gasteiger partial charge on any atom is 0.0455 e. The molecule has 0 aliphatic carbocycles. The van der Waals surface area contributed by atoms with Crippen LogP contribution in [0.4, 0.5) is 0 Å². The average molecular weight is 647 g/mol. The van der Waals surface area contributed by atoms with E-state index in [1.54, 1.807) is 0 Å². The summed E-state index contributed by atoms with van der Waals surface area (Å²) in [5.74, 6) is 0. The smallest absolute Gasteiger partial charge is 0.0455 e. The maximum atomic E-state index is 2.53. The second-order valence-electron chi connectivity index (χ2n) is 11.6. The van der Waals surface area contributed by atoms with Crippen LogP contribution in [-0.2, 0) is 25.7 Å². The van der Waals surface area contributed by atoms with E-state index in [2.05, 4.69) is 114 Å². The minimum Gasteiger partial charge on any atom is -0.140 e. The van der Waals surface area contributed by atoms with Crippen LogP contribution in [0.2, 0.25) is 0 Å². The summed E-state index contributed by atoms with van der Waals surface area (Å²) in [6.07, 6.45) is 4.10. The molecule has 7 rings (SSSR count). The Morgan fingerprint density at radius 2 is 0.773 bits per heavy atom. The van der Waals surface area contributed by atoms with Crippen molar-refractivity contribution >= 4 is 65.5 Å². The first-order chi connectivity index (χ1) is 21.4. The van der Waals surface area contributed by atoms with Crippen LogP contribution in [0.15, 0.2) is 72.8 Å². The van der Waals surface area contributed by atoms with E-state index in [1.807, 2.05) is 45.3 Å². The van der Waals surface area contributed by atoms with Gasteiger partial charge in [0, 0.05) is 60.6 Å². The van der Waals surface area contributed by atoms with Crippen molar-refractivity contribution in [2.75, 3.05) is 0 Å².